The van der Waals surface area contributed by atoms with E-state index >= 15 is 0 Å². The fourth-order valence-corrected chi connectivity index (χ4v) is 2.45. The molecule has 0 amide bonds. The fourth-order valence-electron chi connectivity index (χ4n) is 2.10. The molecule has 0 bridgehead atoms. The van der Waals surface area contributed by atoms with Gasteiger partial charge in [-0.25, -0.2) is 0 Å². The minimum Gasteiger partial charge on any atom is -0.388 e. The van der Waals surface area contributed by atoms with Gasteiger partial charge in [-0.3, -0.25) is 9.67 Å². The van der Waals surface area contributed by atoms with Crippen LogP contribution in [0.4, 0.5) is 0 Å². The van der Waals surface area contributed by atoms with Gasteiger partial charge in [-0.15, -0.1) is 0 Å². The number of rotatable bonds is 5. The maximum absolute atomic E-state index is 10.3. The van der Waals surface area contributed by atoms with Gasteiger partial charge in [-0.1, -0.05) is 18.5 Å². The molecule has 0 saturated carbocycles. The molecule has 5 heteroatoms. The highest BCUT2D eigenvalue weighted by Gasteiger charge is 2.18. The van der Waals surface area contributed by atoms with Gasteiger partial charge in [0.05, 0.1) is 22.5 Å². The lowest BCUT2D eigenvalue weighted by Gasteiger charge is -2.12. The minimum absolute atomic E-state index is 0.462. The second kappa shape index (κ2) is 6.17. The van der Waals surface area contributed by atoms with Crippen molar-refractivity contribution in [3.05, 3.63) is 46.5 Å². The van der Waals surface area contributed by atoms with Crippen molar-refractivity contribution in [1.82, 2.24) is 14.8 Å². The molecule has 102 valence electrons. The monoisotopic (exact) mass is 279 g/mol. The Bertz CT molecular complexity index is 539. The van der Waals surface area contributed by atoms with Crippen LogP contribution in [0.5, 0.6) is 0 Å². The third-order valence-electron chi connectivity index (χ3n) is 3.17. The largest absolute Gasteiger partial charge is 0.388 e. The van der Waals surface area contributed by atoms with E-state index in [1.807, 2.05) is 30.7 Å². The summed E-state index contributed by atoms with van der Waals surface area (Å²) in [5.74, 6) is 0. The lowest BCUT2D eigenvalue weighted by molar-refractivity contribution is 0.175. The maximum atomic E-state index is 10.3. The molecule has 0 aliphatic rings. The van der Waals surface area contributed by atoms with Crippen LogP contribution in [0.15, 0.2) is 24.5 Å². The van der Waals surface area contributed by atoms with Gasteiger partial charge in [0.2, 0.25) is 0 Å². The summed E-state index contributed by atoms with van der Waals surface area (Å²) in [6.07, 6.45) is 4.02. The molecule has 0 aliphatic carbocycles. The zero-order valence-electron chi connectivity index (χ0n) is 11.2. The van der Waals surface area contributed by atoms with Crippen molar-refractivity contribution in [2.24, 2.45) is 0 Å². The maximum Gasteiger partial charge on any atom is 0.0851 e. The Balaban J connectivity index is 2.26. The number of aliphatic hydroxyl groups excluding tert-OH is 1. The number of aliphatic hydroxyl groups is 1. The summed E-state index contributed by atoms with van der Waals surface area (Å²) < 4.78 is 1.87. The molecule has 1 N–H and O–H groups in total. The van der Waals surface area contributed by atoms with Gasteiger partial charge in [0.25, 0.3) is 0 Å². The molecule has 19 heavy (non-hydrogen) atoms. The molecule has 1 unspecified atom stereocenters. The average molecular weight is 280 g/mol. The Morgan fingerprint density at radius 3 is 2.58 bits per heavy atom. The van der Waals surface area contributed by atoms with Gasteiger partial charge in [-0.2, -0.15) is 5.10 Å². The van der Waals surface area contributed by atoms with E-state index < -0.39 is 6.10 Å². The van der Waals surface area contributed by atoms with Crippen molar-refractivity contribution in [2.45, 2.75) is 39.3 Å². The highest BCUT2D eigenvalue weighted by Crippen LogP contribution is 2.26. The van der Waals surface area contributed by atoms with E-state index in [1.54, 1.807) is 12.4 Å². The van der Waals surface area contributed by atoms with Gasteiger partial charge < -0.3 is 5.11 Å². The van der Waals surface area contributed by atoms with Crippen LogP contribution in [0.3, 0.4) is 0 Å². The molecule has 0 fully saturated rings. The zero-order chi connectivity index (χ0) is 13.8. The van der Waals surface area contributed by atoms with E-state index in [4.69, 9.17) is 11.6 Å². The molecule has 2 heterocycles. The van der Waals surface area contributed by atoms with Crippen LogP contribution < -0.4 is 0 Å². The number of pyridine rings is 1. The Kier molecular flexibility index (Phi) is 4.56. The number of hydrogen-bond donors (Lipinski definition) is 1. The number of aromatic nitrogens is 3. The average Bonchev–Trinajstić information content (AvgIpc) is 2.76. The molecule has 2 aromatic heterocycles. The molecule has 1 atom stereocenters. The lowest BCUT2D eigenvalue weighted by atomic mass is 10.1. The number of hydrogen-bond acceptors (Lipinski definition) is 3. The van der Waals surface area contributed by atoms with Gasteiger partial charge in [0.1, 0.15) is 0 Å². The molecule has 0 aromatic carbocycles. The van der Waals surface area contributed by atoms with Crippen molar-refractivity contribution in [2.75, 3.05) is 0 Å². The van der Waals surface area contributed by atoms with Crippen LogP contribution in [-0.4, -0.2) is 19.9 Å². The third kappa shape index (κ3) is 2.96. The summed E-state index contributed by atoms with van der Waals surface area (Å²) in [6, 6.07) is 3.62. The van der Waals surface area contributed by atoms with Crippen LogP contribution in [0.25, 0.3) is 0 Å². The first-order chi connectivity index (χ1) is 9.17. The van der Waals surface area contributed by atoms with E-state index in [0.717, 1.165) is 29.9 Å². The van der Waals surface area contributed by atoms with Crippen LogP contribution in [0, 0.1) is 0 Å². The van der Waals surface area contributed by atoms with Crippen LogP contribution in [0.1, 0.15) is 36.9 Å². The van der Waals surface area contributed by atoms with E-state index in [-0.39, 0.29) is 0 Å². The van der Waals surface area contributed by atoms with Crippen LogP contribution >= 0.6 is 11.6 Å². The van der Waals surface area contributed by atoms with E-state index in [0.29, 0.717) is 11.4 Å². The van der Waals surface area contributed by atoms with Gasteiger partial charge in [0, 0.05) is 25.4 Å². The Hall–Kier alpha value is -1.39. The van der Waals surface area contributed by atoms with Crippen molar-refractivity contribution < 1.29 is 5.11 Å². The second-order valence-electron chi connectivity index (χ2n) is 4.38. The van der Waals surface area contributed by atoms with Crippen LogP contribution in [-0.2, 0) is 19.4 Å². The number of nitrogens with zero attached hydrogens (tertiary/aromatic N) is 3. The normalized spacial score (nSPS) is 12.6. The summed E-state index contributed by atoms with van der Waals surface area (Å²) in [7, 11) is 0. The van der Waals surface area contributed by atoms with Gasteiger partial charge in [0.15, 0.2) is 0 Å². The van der Waals surface area contributed by atoms with E-state index in [2.05, 4.69) is 10.1 Å². The van der Waals surface area contributed by atoms with Crippen molar-refractivity contribution >= 4 is 11.6 Å². The Labute approximate surface area is 118 Å². The number of halogens is 1. The minimum atomic E-state index is -0.591. The molecular weight excluding hydrogens is 262 g/mol. The summed E-state index contributed by atoms with van der Waals surface area (Å²) in [6.45, 7) is 4.79. The Morgan fingerprint density at radius 1 is 1.32 bits per heavy atom. The molecular formula is C14H18ClN3O. The highest BCUT2D eigenvalue weighted by molar-refractivity contribution is 6.31. The molecule has 0 saturated heterocycles. The molecule has 0 radical (unpaired) electrons. The lowest BCUT2D eigenvalue weighted by Crippen LogP contribution is -2.09. The highest BCUT2D eigenvalue weighted by atomic mass is 35.5. The fraction of sp³-hybridized carbons (Fsp3) is 0.429. The van der Waals surface area contributed by atoms with E-state index in [9.17, 15) is 5.11 Å². The second-order valence-corrected chi connectivity index (χ2v) is 4.76. The zero-order valence-corrected chi connectivity index (χ0v) is 11.9. The molecule has 4 nitrogen and oxygen atoms in total. The predicted octanol–water partition coefficient (Wildman–Crippen LogP) is 2.79. The number of aryl methyl sites for hydroxylation is 2. The molecule has 2 aromatic rings. The van der Waals surface area contributed by atoms with Crippen molar-refractivity contribution in [3.63, 3.8) is 0 Å². The van der Waals surface area contributed by atoms with Gasteiger partial charge >= 0.3 is 0 Å². The topological polar surface area (TPSA) is 50.9 Å². The molecule has 2 rings (SSSR count). The standard InChI is InChI=1S/C14H18ClN3O/c1-3-11-14(15)12(18(4-2)17-11)9-13(19)10-5-7-16-8-6-10/h5-8,13,19H,3-4,9H2,1-2H3. The van der Waals surface area contributed by atoms with Crippen LogP contribution in [0.2, 0.25) is 5.02 Å². The summed E-state index contributed by atoms with van der Waals surface area (Å²) in [5, 5.41) is 15.4. The first-order valence-electron chi connectivity index (χ1n) is 6.49. The predicted molar refractivity (Wildman–Crippen MR) is 75.2 cm³/mol. The van der Waals surface area contributed by atoms with E-state index in [1.165, 1.54) is 0 Å². The Morgan fingerprint density at radius 2 is 2.00 bits per heavy atom. The molecule has 0 aliphatic heterocycles. The summed E-state index contributed by atoms with van der Waals surface area (Å²) in [5.41, 5.74) is 2.62. The SMILES string of the molecule is CCc1nn(CC)c(CC(O)c2ccncc2)c1Cl. The summed E-state index contributed by atoms with van der Waals surface area (Å²) >= 11 is 6.33. The summed E-state index contributed by atoms with van der Waals surface area (Å²) in [4.78, 5) is 3.95. The van der Waals surface area contributed by atoms with Gasteiger partial charge in [-0.05, 0) is 31.0 Å². The van der Waals surface area contributed by atoms with Crippen molar-refractivity contribution in [3.8, 4) is 0 Å². The third-order valence-corrected chi connectivity index (χ3v) is 3.61. The smallest absolute Gasteiger partial charge is 0.0851 e. The molecule has 0 spiro atoms. The van der Waals surface area contributed by atoms with Crippen molar-refractivity contribution in [1.29, 1.82) is 0 Å². The quantitative estimate of drug-likeness (QED) is 0.916. The first kappa shape index (κ1) is 14.0. The first-order valence-corrected chi connectivity index (χ1v) is 6.87.